The molecule has 4 nitrogen and oxygen atoms in total. The van der Waals surface area contributed by atoms with E-state index in [1.807, 2.05) is 41.1 Å². The topological polar surface area (TPSA) is 45.3 Å². The van der Waals surface area contributed by atoms with E-state index in [0.29, 0.717) is 6.54 Å². The van der Waals surface area contributed by atoms with Crippen molar-refractivity contribution in [3.8, 4) is 5.75 Å². The van der Waals surface area contributed by atoms with E-state index < -0.39 is 0 Å². The standard InChI is InChI=1S/C10H14IN3O/c1-3-6-12-10-7-8(15-2)4-5-9(10)13-14-11/h3-5,7,12-14H,1,6H2,2H3. The minimum Gasteiger partial charge on any atom is -0.497 e. The molecule has 0 heterocycles. The zero-order valence-corrected chi connectivity index (χ0v) is 10.7. The summed E-state index contributed by atoms with van der Waals surface area (Å²) in [6.45, 7) is 4.37. The van der Waals surface area contributed by atoms with Crippen molar-refractivity contribution in [3.05, 3.63) is 30.9 Å². The highest BCUT2D eigenvalue weighted by Crippen LogP contribution is 2.26. The van der Waals surface area contributed by atoms with Gasteiger partial charge in [0.1, 0.15) is 5.75 Å². The van der Waals surface area contributed by atoms with Gasteiger partial charge in [-0.25, -0.2) is 0 Å². The fraction of sp³-hybridized carbons (Fsp3) is 0.200. The van der Waals surface area contributed by atoms with E-state index >= 15 is 0 Å². The molecule has 0 amide bonds. The molecule has 0 saturated heterocycles. The third kappa shape index (κ3) is 3.60. The van der Waals surface area contributed by atoms with E-state index in [1.54, 1.807) is 13.2 Å². The van der Waals surface area contributed by atoms with Gasteiger partial charge in [-0.2, -0.15) is 3.64 Å². The van der Waals surface area contributed by atoms with Crippen molar-refractivity contribution in [2.24, 2.45) is 0 Å². The molecule has 0 spiro atoms. The van der Waals surface area contributed by atoms with Gasteiger partial charge in [-0.3, -0.25) is 0 Å². The predicted octanol–water partition coefficient (Wildman–Crippen LogP) is 2.56. The van der Waals surface area contributed by atoms with Crippen molar-refractivity contribution >= 4 is 34.2 Å². The van der Waals surface area contributed by atoms with Crippen molar-refractivity contribution < 1.29 is 4.74 Å². The lowest BCUT2D eigenvalue weighted by Crippen LogP contribution is -2.11. The molecule has 0 saturated carbocycles. The van der Waals surface area contributed by atoms with Crippen LogP contribution in [0, 0.1) is 0 Å². The van der Waals surface area contributed by atoms with Gasteiger partial charge in [0, 0.05) is 35.5 Å². The molecule has 5 heteroatoms. The smallest absolute Gasteiger partial charge is 0.121 e. The molecule has 1 aromatic carbocycles. The summed E-state index contributed by atoms with van der Waals surface area (Å²) in [4.78, 5) is 0. The summed E-state index contributed by atoms with van der Waals surface area (Å²) in [6.07, 6.45) is 1.81. The molecule has 0 radical (unpaired) electrons. The number of ether oxygens (including phenoxy) is 1. The highest BCUT2D eigenvalue weighted by molar-refractivity contribution is 14.1. The molecule has 0 fully saturated rings. The van der Waals surface area contributed by atoms with Crippen molar-refractivity contribution in [1.29, 1.82) is 0 Å². The summed E-state index contributed by atoms with van der Waals surface area (Å²) < 4.78 is 8.00. The van der Waals surface area contributed by atoms with Crippen LogP contribution in [0.4, 0.5) is 11.4 Å². The summed E-state index contributed by atoms with van der Waals surface area (Å²) in [5, 5.41) is 3.22. The lowest BCUT2D eigenvalue weighted by atomic mass is 10.2. The van der Waals surface area contributed by atoms with Gasteiger partial charge in [-0.15, -0.1) is 6.58 Å². The number of hydrogen-bond donors (Lipinski definition) is 3. The summed E-state index contributed by atoms with van der Waals surface area (Å²) in [6, 6.07) is 5.77. The van der Waals surface area contributed by atoms with E-state index in [0.717, 1.165) is 17.1 Å². The SMILES string of the molecule is C=CCNc1cc(OC)ccc1NNI. The lowest BCUT2D eigenvalue weighted by molar-refractivity contribution is 0.415. The van der Waals surface area contributed by atoms with Gasteiger partial charge in [0.15, 0.2) is 0 Å². The second-order valence-electron chi connectivity index (χ2n) is 2.80. The first-order valence-corrected chi connectivity index (χ1v) is 5.54. The van der Waals surface area contributed by atoms with Crippen LogP contribution in [-0.4, -0.2) is 13.7 Å². The van der Waals surface area contributed by atoms with Crippen LogP contribution in [0.25, 0.3) is 0 Å². The molecule has 0 aromatic heterocycles. The second kappa shape index (κ2) is 6.52. The molecule has 1 rings (SSSR count). The van der Waals surface area contributed by atoms with Crippen molar-refractivity contribution in [2.75, 3.05) is 24.4 Å². The van der Waals surface area contributed by atoms with E-state index in [4.69, 9.17) is 4.74 Å². The molecule has 15 heavy (non-hydrogen) atoms. The Bertz CT molecular complexity index is 330. The maximum atomic E-state index is 5.15. The second-order valence-corrected chi connectivity index (χ2v) is 3.34. The minimum absolute atomic E-state index is 0.711. The van der Waals surface area contributed by atoms with Crippen LogP contribution in [0.5, 0.6) is 5.75 Å². The third-order valence-corrected chi connectivity index (χ3v) is 2.12. The van der Waals surface area contributed by atoms with Crippen LogP contribution < -0.4 is 19.1 Å². The maximum Gasteiger partial charge on any atom is 0.121 e. The summed E-state index contributed by atoms with van der Waals surface area (Å²) >= 11 is 2.02. The minimum atomic E-state index is 0.711. The van der Waals surface area contributed by atoms with Gasteiger partial charge >= 0.3 is 0 Å². The Hall–Kier alpha value is -0.950. The first-order valence-electron chi connectivity index (χ1n) is 4.46. The number of hydrogen-bond acceptors (Lipinski definition) is 4. The Morgan fingerprint density at radius 3 is 2.87 bits per heavy atom. The number of nitrogens with one attached hydrogen (secondary N) is 3. The number of rotatable bonds is 6. The van der Waals surface area contributed by atoms with Crippen LogP contribution in [0.3, 0.4) is 0 Å². The van der Waals surface area contributed by atoms with Gasteiger partial charge in [-0.05, 0) is 12.1 Å². The molecule has 1 aromatic rings. The molecular formula is C10H14IN3O. The Labute approximate surface area is 104 Å². The Morgan fingerprint density at radius 1 is 1.47 bits per heavy atom. The van der Waals surface area contributed by atoms with Crippen LogP contribution in [-0.2, 0) is 0 Å². The molecule has 0 aliphatic heterocycles. The van der Waals surface area contributed by atoms with Crippen LogP contribution in [0.2, 0.25) is 0 Å². The van der Waals surface area contributed by atoms with E-state index in [-0.39, 0.29) is 0 Å². The van der Waals surface area contributed by atoms with Crippen molar-refractivity contribution in [2.45, 2.75) is 0 Å². The largest absolute Gasteiger partial charge is 0.497 e. The van der Waals surface area contributed by atoms with Crippen molar-refractivity contribution in [3.63, 3.8) is 0 Å². The lowest BCUT2D eigenvalue weighted by Gasteiger charge is -2.12. The molecule has 0 unspecified atom stereocenters. The first-order chi connectivity index (χ1) is 7.31. The highest BCUT2D eigenvalue weighted by Gasteiger charge is 2.02. The number of halogens is 1. The van der Waals surface area contributed by atoms with Crippen LogP contribution >= 0.6 is 22.9 Å². The third-order valence-electron chi connectivity index (χ3n) is 1.85. The normalized spacial score (nSPS) is 9.47. The van der Waals surface area contributed by atoms with Crippen LogP contribution in [0.1, 0.15) is 0 Å². The molecule has 0 atom stereocenters. The molecule has 0 aliphatic rings. The maximum absolute atomic E-state index is 5.15. The van der Waals surface area contributed by atoms with E-state index in [2.05, 4.69) is 21.0 Å². The Kier molecular flexibility index (Phi) is 5.27. The number of methoxy groups -OCH3 is 1. The van der Waals surface area contributed by atoms with Gasteiger partial charge in [0.05, 0.1) is 18.5 Å². The van der Waals surface area contributed by atoms with Crippen molar-refractivity contribution in [1.82, 2.24) is 3.64 Å². The molecule has 0 aliphatic carbocycles. The summed E-state index contributed by atoms with van der Waals surface area (Å²) in [7, 11) is 1.65. The number of benzene rings is 1. The monoisotopic (exact) mass is 319 g/mol. The van der Waals surface area contributed by atoms with Gasteiger partial charge in [0.2, 0.25) is 0 Å². The van der Waals surface area contributed by atoms with Gasteiger partial charge < -0.3 is 15.5 Å². The van der Waals surface area contributed by atoms with E-state index in [9.17, 15) is 0 Å². The zero-order valence-electron chi connectivity index (χ0n) is 8.51. The number of anilines is 2. The molecular weight excluding hydrogens is 305 g/mol. The fourth-order valence-corrected chi connectivity index (χ4v) is 1.43. The van der Waals surface area contributed by atoms with Crippen LogP contribution in [0.15, 0.2) is 30.9 Å². The fourth-order valence-electron chi connectivity index (χ4n) is 1.14. The average Bonchev–Trinajstić information content (AvgIpc) is 2.28. The first kappa shape index (κ1) is 12.1. The highest BCUT2D eigenvalue weighted by atomic mass is 127. The summed E-state index contributed by atoms with van der Waals surface area (Å²) in [5.41, 5.74) is 4.96. The molecule has 0 bridgehead atoms. The quantitative estimate of drug-likeness (QED) is 0.326. The molecule has 3 N–H and O–H groups in total. The Balaban J connectivity index is 2.88. The Morgan fingerprint density at radius 2 is 2.27 bits per heavy atom. The summed E-state index contributed by atoms with van der Waals surface area (Å²) in [5.74, 6) is 0.820. The predicted molar refractivity (Wildman–Crippen MR) is 72.5 cm³/mol. The van der Waals surface area contributed by atoms with Gasteiger partial charge in [0.25, 0.3) is 0 Å². The van der Waals surface area contributed by atoms with Gasteiger partial charge in [-0.1, -0.05) is 6.08 Å². The number of hydrazine groups is 1. The average molecular weight is 319 g/mol. The zero-order chi connectivity index (χ0) is 11.1. The van der Waals surface area contributed by atoms with E-state index in [1.165, 1.54) is 0 Å². The molecule has 82 valence electrons.